The predicted octanol–water partition coefficient (Wildman–Crippen LogP) is 21.9. The van der Waals surface area contributed by atoms with Crippen molar-refractivity contribution in [3.8, 4) is 0 Å². The van der Waals surface area contributed by atoms with E-state index in [4.69, 9.17) is 14.2 Å². The quantitative estimate of drug-likeness (QED) is 0.0261. The van der Waals surface area contributed by atoms with E-state index in [0.717, 1.165) is 116 Å². The van der Waals surface area contributed by atoms with Crippen LogP contribution in [0.15, 0.2) is 85.1 Å². The average Bonchev–Trinajstić information content (AvgIpc) is 3.41. The Labute approximate surface area is 465 Å². The molecule has 75 heavy (non-hydrogen) atoms. The zero-order valence-electron chi connectivity index (χ0n) is 49.6. The van der Waals surface area contributed by atoms with Gasteiger partial charge in [-0.25, -0.2) is 0 Å². The number of rotatable bonds is 58. The van der Waals surface area contributed by atoms with Crippen molar-refractivity contribution in [2.24, 2.45) is 0 Å². The summed E-state index contributed by atoms with van der Waals surface area (Å²) in [6, 6.07) is 0. The first-order chi connectivity index (χ1) is 37.0. The van der Waals surface area contributed by atoms with Crippen molar-refractivity contribution >= 4 is 17.9 Å². The van der Waals surface area contributed by atoms with Crippen LogP contribution in [-0.2, 0) is 28.6 Å². The fourth-order valence-electron chi connectivity index (χ4n) is 9.16. The average molecular weight is 1050 g/mol. The number of ether oxygens (including phenoxy) is 3. The van der Waals surface area contributed by atoms with Crippen LogP contribution in [0.4, 0.5) is 0 Å². The smallest absolute Gasteiger partial charge is 0.306 e. The number of esters is 3. The van der Waals surface area contributed by atoms with Crippen molar-refractivity contribution in [3.05, 3.63) is 85.1 Å². The monoisotopic (exact) mass is 1040 g/mol. The number of hydrogen-bond donors (Lipinski definition) is 0. The SMILES string of the molecule is CC/C=C\C/C=C\C/C=C\C/C=C\CCCCC(=O)OC(COC(=O)CCCCCCC/C=C\C/C=C\C/C=C\CC)COC(=O)CCCCCCCCCCCCCCCCCCCCCCCCCCCCC. The highest BCUT2D eigenvalue weighted by molar-refractivity contribution is 5.71. The van der Waals surface area contributed by atoms with Gasteiger partial charge in [-0.05, 0) is 89.9 Å². The summed E-state index contributed by atoms with van der Waals surface area (Å²) in [5, 5.41) is 0. The van der Waals surface area contributed by atoms with E-state index in [0.29, 0.717) is 19.3 Å². The summed E-state index contributed by atoms with van der Waals surface area (Å²) in [5.74, 6) is -0.945. The molecule has 432 valence electrons. The van der Waals surface area contributed by atoms with Crippen molar-refractivity contribution in [2.75, 3.05) is 13.2 Å². The van der Waals surface area contributed by atoms with Crippen LogP contribution in [-0.4, -0.2) is 37.2 Å². The molecular formula is C69H120O6. The number of allylic oxidation sites excluding steroid dienone is 14. The van der Waals surface area contributed by atoms with E-state index in [1.54, 1.807) is 0 Å². The van der Waals surface area contributed by atoms with E-state index >= 15 is 0 Å². The molecule has 0 aromatic carbocycles. The molecule has 1 atom stereocenters. The van der Waals surface area contributed by atoms with Crippen molar-refractivity contribution < 1.29 is 28.6 Å². The first kappa shape index (κ1) is 71.6. The van der Waals surface area contributed by atoms with Crippen molar-refractivity contribution in [1.29, 1.82) is 0 Å². The minimum Gasteiger partial charge on any atom is -0.462 e. The van der Waals surface area contributed by atoms with E-state index in [2.05, 4.69) is 106 Å². The maximum Gasteiger partial charge on any atom is 0.306 e. The molecule has 0 fully saturated rings. The lowest BCUT2D eigenvalue weighted by Crippen LogP contribution is -2.30. The van der Waals surface area contributed by atoms with Gasteiger partial charge in [0.2, 0.25) is 0 Å². The van der Waals surface area contributed by atoms with Crippen LogP contribution >= 0.6 is 0 Å². The molecule has 0 saturated heterocycles. The Morgan fingerprint density at radius 1 is 0.280 bits per heavy atom. The number of hydrogen-bond acceptors (Lipinski definition) is 6. The van der Waals surface area contributed by atoms with Crippen molar-refractivity contribution in [2.45, 2.75) is 322 Å². The Morgan fingerprint density at radius 3 is 0.840 bits per heavy atom. The van der Waals surface area contributed by atoms with Crippen LogP contribution in [0, 0.1) is 0 Å². The van der Waals surface area contributed by atoms with E-state index < -0.39 is 6.10 Å². The minimum absolute atomic E-state index is 0.0969. The normalized spacial score (nSPS) is 12.6. The zero-order valence-corrected chi connectivity index (χ0v) is 49.6. The number of carbonyl (C=O) groups excluding carboxylic acids is 3. The van der Waals surface area contributed by atoms with Crippen LogP contribution in [0.25, 0.3) is 0 Å². The lowest BCUT2D eigenvalue weighted by Gasteiger charge is -2.18. The molecule has 0 aromatic heterocycles. The second kappa shape index (κ2) is 63.1. The molecular weight excluding hydrogens is 925 g/mol. The molecule has 0 saturated carbocycles. The summed E-state index contributed by atoms with van der Waals surface area (Å²) >= 11 is 0. The highest BCUT2D eigenvalue weighted by atomic mass is 16.6. The van der Waals surface area contributed by atoms with E-state index in [9.17, 15) is 14.4 Å². The molecule has 0 N–H and O–H groups in total. The van der Waals surface area contributed by atoms with E-state index in [-0.39, 0.29) is 37.5 Å². The first-order valence-corrected chi connectivity index (χ1v) is 32.1. The minimum atomic E-state index is -0.806. The Morgan fingerprint density at radius 2 is 0.520 bits per heavy atom. The van der Waals surface area contributed by atoms with Gasteiger partial charge in [0.05, 0.1) is 0 Å². The molecule has 0 rings (SSSR count). The van der Waals surface area contributed by atoms with Gasteiger partial charge in [-0.1, -0.05) is 292 Å². The Balaban J connectivity index is 4.27. The highest BCUT2D eigenvalue weighted by Crippen LogP contribution is 2.17. The molecule has 1 unspecified atom stereocenters. The van der Waals surface area contributed by atoms with Gasteiger partial charge in [0.1, 0.15) is 13.2 Å². The van der Waals surface area contributed by atoms with E-state index in [1.807, 2.05) is 0 Å². The summed E-state index contributed by atoms with van der Waals surface area (Å²) in [4.78, 5) is 38.2. The third-order valence-electron chi connectivity index (χ3n) is 13.9. The second-order valence-electron chi connectivity index (χ2n) is 21.3. The Bertz CT molecular complexity index is 1430. The molecule has 0 aliphatic heterocycles. The number of carbonyl (C=O) groups is 3. The van der Waals surface area contributed by atoms with Crippen LogP contribution in [0.2, 0.25) is 0 Å². The summed E-state index contributed by atoms with van der Waals surface area (Å²) < 4.78 is 16.9. The van der Waals surface area contributed by atoms with Gasteiger partial charge in [-0.15, -0.1) is 0 Å². The van der Waals surface area contributed by atoms with Crippen molar-refractivity contribution in [1.82, 2.24) is 0 Å². The molecule has 6 heteroatoms. The largest absolute Gasteiger partial charge is 0.462 e. The molecule has 0 aromatic rings. The third kappa shape index (κ3) is 61.3. The second-order valence-corrected chi connectivity index (χ2v) is 21.3. The summed E-state index contributed by atoms with van der Waals surface area (Å²) in [7, 11) is 0. The van der Waals surface area contributed by atoms with Crippen molar-refractivity contribution in [3.63, 3.8) is 0 Å². The predicted molar refractivity (Wildman–Crippen MR) is 325 cm³/mol. The van der Waals surface area contributed by atoms with Gasteiger partial charge in [0.25, 0.3) is 0 Å². The van der Waals surface area contributed by atoms with Crippen LogP contribution in [0.1, 0.15) is 316 Å². The fraction of sp³-hybridized carbons (Fsp3) is 0.754. The molecule has 0 spiro atoms. The van der Waals surface area contributed by atoms with Gasteiger partial charge in [0, 0.05) is 19.3 Å². The third-order valence-corrected chi connectivity index (χ3v) is 13.9. The first-order valence-electron chi connectivity index (χ1n) is 32.1. The van der Waals surface area contributed by atoms with Gasteiger partial charge in [-0.2, -0.15) is 0 Å². The summed E-state index contributed by atoms with van der Waals surface area (Å²) in [6.07, 6.45) is 83.3. The maximum atomic E-state index is 12.9. The lowest BCUT2D eigenvalue weighted by atomic mass is 10.0. The van der Waals surface area contributed by atoms with Gasteiger partial charge < -0.3 is 14.2 Å². The molecule has 0 radical (unpaired) electrons. The summed E-state index contributed by atoms with van der Waals surface area (Å²) in [6.45, 7) is 6.40. The maximum absolute atomic E-state index is 12.9. The molecule has 0 amide bonds. The standard InChI is InChI=1S/C69H120O6/c1-4-7-10-13-16-19-22-25-28-29-30-31-32-33-34-35-36-37-38-39-42-44-47-50-53-56-59-62-68(71)74-65-66(75-69(72)63-60-57-54-51-48-45-41-27-24-21-18-15-12-9-6-3)64-73-67(70)61-58-55-52-49-46-43-40-26-23-20-17-14-11-8-5-2/h8-9,11-12,17-18,20-21,26-27,40-41,48,51,66H,4-7,10,13-16,19,22-25,28-39,42-47,49-50,52-65H2,1-3H3/b11-8-,12-9-,20-17-,21-18-,40-26-,41-27-,51-48-. The summed E-state index contributed by atoms with van der Waals surface area (Å²) in [5.41, 5.74) is 0. The Kier molecular flexibility index (Phi) is 60.3. The fourth-order valence-corrected chi connectivity index (χ4v) is 9.16. The molecule has 0 bridgehead atoms. The van der Waals surface area contributed by atoms with Crippen LogP contribution in [0.5, 0.6) is 0 Å². The van der Waals surface area contributed by atoms with E-state index in [1.165, 1.54) is 154 Å². The molecule has 0 aliphatic carbocycles. The zero-order chi connectivity index (χ0) is 54.3. The lowest BCUT2D eigenvalue weighted by molar-refractivity contribution is -0.167. The van der Waals surface area contributed by atoms with Gasteiger partial charge in [0.15, 0.2) is 6.10 Å². The molecule has 0 aliphatic rings. The topological polar surface area (TPSA) is 78.9 Å². The Hall–Kier alpha value is -3.41. The van der Waals surface area contributed by atoms with Crippen LogP contribution in [0.3, 0.4) is 0 Å². The van der Waals surface area contributed by atoms with Gasteiger partial charge >= 0.3 is 17.9 Å². The highest BCUT2D eigenvalue weighted by Gasteiger charge is 2.19. The number of unbranched alkanes of at least 4 members (excludes halogenated alkanes) is 33. The molecule has 0 heterocycles. The van der Waals surface area contributed by atoms with Crippen LogP contribution < -0.4 is 0 Å². The van der Waals surface area contributed by atoms with Gasteiger partial charge in [-0.3, -0.25) is 14.4 Å². The molecule has 6 nitrogen and oxygen atoms in total.